The van der Waals surface area contributed by atoms with Gasteiger partial charge in [-0.25, -0.2) is 9.78 Å². The molecule has 0 atom stereocenters. The maximum atomic E-state index is 13.3. The number of imidazole rings is 1. The van der Waals surface area contributed by atoms with E-state index in [-0.39, 0.29) is 24.8 Å². The fourth-order valence-electron chi connectivity index (χ4n) is 3.27. The molecule has 8 nitrogen and oxygen atoms in total. The summed E-state index contributed by atoms with van der Waals surface area (Å²) < 4.78 is 12.6. The zero-order chi connectivity index (χ0) is 21.3. The number of carboxylic acid groups (broad SMARTS) is 1. The van der Waals surface area contributed by atoms with E-state index in [1.807, 2.05) is 17.6 Å². The van der Waals surface area contributed by atoms with Gasteiger partial charge < -0.3 is 23.4 Å². The maximum Gasteiger partial charge on any atom is 0.371 e. The Bertz CT molecular complexity index is 1210. The van der Waals surface area contributed by atoms with Gasteiger partial charge in [0.05, 0.1) is 30.4 Å². The molecule has 3 aromatic heterocycles. The van der Waals surface area contributed by atoms with Crippen molar-refractivity contribution >= 4 is 34.5 Å². The van der Waals surface area contributed by atoms with Gasteiger partial charge in [-0.2, -0.15) is 0 Å². The highest BCUT2D eigenvalue weighted by Gasteiger charge is 2.21. The number of aromatic carboxylic acids is 1. The van der Waals surface area contributed by atoms with E-state index in [1.54, 1.807) is 24.3 Å². The SMILES string of the molecule is CCn1c(Cl)nc2cc(C(=O)N(Cc3ccco3)Cc3ccc(C(=O)O)o3)ccc21. The third kappa shape index (κ3) is 3.81. The summed E-state index contributed by atoms with van der Waals surface area (Å²) in [4.78, 5) is 30.2. The predicted molar refractivity (Wildman–Crippen MR) is 108 cm³/mol. The molecule has 4 aromatic rings. The van der Waals surface area contributed by atoms with Crippen molar-refractivity contribution in [1.29, 1.82) is 0 Å². The van der Waals surface area contributed by atoms with E-state index >= 15 is 0 Å². The summed E-state index contributed by atoms with van der Waals surface area (Å²) in [7, 11) is 0. The number of nitrogens with zero attached hydrogens (tertiary/aromatic N) is 3. The molecule has 0 spiro atoms. The minimum Gasteiger partial charge on any atom is -0.475 e. The number of benzene rings is 1. The second-order valence-electron chi connectivity index (χ2n) is 6.64. The van der Waals surface area contributed by atoms with E-state index in [0.29, 0.717) is 34.4 Å². The molecule has 0 aliphatic carbocycles. The molecule has 154 valence electrons. The smallest absolute Gasteiger partial charge is 0.371 e. The van der Waals surface area contributed by atoms with E-state index in [4.69, 9.17) is 25.5 Å². The number of rotatable bonds is 7. The van der Waals surface area contributed by atoms with Crippen molar-refractivity contribution in [3.63, 3.8) is 0 Å². The van der Waals surface area contributed by atoms with E-state index in [9.17, 15) is 9.59 Å². The van der Waals surface area contributed by atoms with Gasteiger partial charge in [0.15, 0.2) is 0 Å². The van der Waals surface area contributed by atoms with Crippen LogP contribution in [-0.2, 0) is 19.6 Å². The molecular weight excluding hydrogens is 410 g/mol. The molecule has 0 saturated carbocycles. The number of aryl methyl sites for hydroxylation is 1. The Labute approximate surface area is 176 Å². The van der Waals surface area contributed by atoms with Gasteiger partial charge in [-0.3, -0.25) is 4.79 Å². The molecule has 0 saturated heterocycles. The van der Waals surface area contributed by atoms with Crippen LogP contribution >= 0.6 is 11.6 Å². The minimum absolute atomic E-state index is 0.0784. The third-order valence-electron chi connectivity index (χ3n) is 4.70. The van der Waals surface area contributed by atoms with Crippen molar-refractivity contribution < 1.29 is 23.5 Å². The second-order valence-corrected chi connectivity index (χ2v) is 6.98. The van der Waals surface area contributed by atoms with Gasteiger partial charge in [-0.05, 0) is 61.0 Å². The quantitative estimate of drug-likeness (QED) is 0.468. The number of hydrogen-bond acceptors (Lipinski definition) is 5. The van der Waals surface area contributed by atoms with Crippen LogP contribution in [0, 0.1) is 0 Å². The number of aromatic nitrogens is 2. The van der Waals surface area contributed by atoms with Gasteiger partial charge in [0.2, 0.25) is 11.0 Å². The first-order chi connectivity index (χ1) is 14.5. The van der Waals surface area contributed by atoms with E-state index in [1.165, 1.54) is 23.3 Å². The van der Waals surface area contributed by atoms with Gasteiger partial charge in [0.1, 0.15) is 11.5 Å². The normalized spacial score (nSPS) is 11.1. The number of carbonyl (C=O) groups is 2. The lowest BCUT2D eigenvalue weighted by Gasteiger charge is -2.20. The van der Waals surface area contributed by atoms with Gasteiger partial charge in [0, 0.05) is 12.1 Å². The Kier molecular flexibility index (Phi) is 5.33. The van der Waals surface area contributed by atoms with Crippen LogP contribution in [0.5, 0.6) is 0 Å². The molecule has 1 N–H and O–H groups in total. The number of carboxylic acids is 1. The highest BCUT2D eigenvalue weighted by molar-refractivity contribution is 6.29. The van der Waals surface area contributed by atoms with Crippen LogP contribution in [0.1, 0.15) is 39.4 Å². The molecular formula is C21H18ClN3O5. The molecule has 0 aliphatic rings. The van der Waals surface area contributed by atoms with Gasteiger partial charge in [-0.1, -0.05) is 0 Å². The van der Waals surface area contributed by atoms with Crippen molar-refractivity contribution in [3.8, 4) is 0 Å². The van der Waals surface area contributed by atoms with Crippen LogP contribution < -0.4 is 0 Å². The molecule has 0 bridgehead atoms. The molecule has 0 unspecified atom stereocenters. The fraction of sp³-hybridized carbons (Fsp3) is 0.190. The van der Waals surface area contributed by atoms with Crippen molar-refractivity contribution in [2.24, 2.45) is 0 Å². The molecule has 0 aliphatic heterocycles. The monoisotopic (exact) mass is 427 g/mol. The number of hydrogen-bond donors (Lipinski definition) is 1. The maximum absolute atomic E-state index is 13.3. The minimum atomic E-state index is -1.17. The van der Waals surface area contributed by atoms with Crippen LogP contribution in [0.15, 0.2) is 57.6 Å². The largest absolute Gasteiger partial charge is 0.475 e. The Hall–Kier alpha value is -3.52. The van der Waals surface area contributed by atoms with Crippen LogP contribution in [0.2, 0.25) is 5.28 Å². The van der Waals surface area contributed by atoms with Crippen molar-refractivity contribution in [2.75, 3.05) is 0 Å². The van der Waals surface area contributed by atoms with E-state index < -0.39 is 5.97 Å². The first kappa shape index (κ1) is 19.8. The number of halogens is 1. The molecule has 30 heavy (non-hydrogen) atoms. The number of carbonyl (C=O) groups excluding carboxylic acids is 1. The molecule has 0 radical (unpaired) electrons. The summed E-state index contributed by atoms with van der Waals surface area (Å²) in [6.07, 6.45) is 1.53. The molecule has 9 heteroatoms. The lowest BCUT2D eigenvalue weighted by Crippen LogP contribution is -2.29. The highest BCUT2D eigenvalue weighted by atomic mass is 35.5. The Morgan fingerprint density at radius 3 is 2.63 bits per heavy atom. The van der Waals surface area contributed by atoms with Crippen molar-refractivity contribution in [2.45, 2.75) is 26.6 Å². The van der Waals surface area contributed by atoms with Crippen molar-refractivity contribution in [3.05, 3.63) is 76.9 Å². The summed E-state index contributed by atoms with van der Waals surface area (Å²) in [6, 6.07) is 11.6. The topological polar surface area (TPSA) is 102 Å². The molecule has 1 amide bonds. The lowest BCUT2D eigenvalue weighted by atomic mass is 10.1. The summed E-state index contributed by atoms with van der Waals surface area (Å²) in [5, 5.41) is 9.43. The second kappa shape index (κ2) is 8.08. The Morgan fingerprint density at radius 1 is 1.17 bits per heavy atom. The van der Waals surface area contributed by atoms with Crippen LogP contribution in [-0.4, -0.2) is 31.4 Å². The summed E-state index contributed by atoms with van der Waals surface area (Å²) in [6.45, 7) is 2.90. The molecule has 0 fully saturated rings. The predicted octanol–water partition coefficient (Wildman–Crippen LogP) is 4.44. The zero-order valence-corrected chi connectivity index (χ0v) is 16.8. The number of fused-ring (bicyclic) bond motifs is 1. The first-order valence-corrected chi connectivity index (χ1v) is 9.63. The standard InChI is InChI=1S/C21H18ClN3O5/c1-2-25-17-7-5-13(10-16(17)23-21(25)22)19(26)24(11-14-4-3-9-29-14)12-15-6-8-18(30-15)20(27)28/h3-10H,2,11-12H2,1H3,(H,27,28). The zero-order valence-electron chi connectivity index (χ0n) is 16.0. The summed E-state index contributed by atoms with van der Waals surface area (Å²) >= 11 is 6.18. The average molecular weight is 428 g/mol. The highest BCUT2D eigenvalue weighted by Crippen LogP contribution is 2.23. The third-order valence-corrected chi connectivity index (χ3v) is 4.99. The van der Waals surface area contributed by atoms with Gasteiger partial charge >= 0.3 is 5.97 Å². The Morgan fingerprint density at radius 2 is 1.97 bits per heavy atom. The number of amides is 1. The molecule has 1 aromatic carbocycles. The average Bonchev–Trinajstić information content (AvgIpc) is 3.46. The molecule has 3 heterocycles. The first-order valence-electron chi connectivity index (χ1n) is 9.25. The summed E-state index contributed by atoms with van der Waals surface area (Å²) in [5.74, 6) is -0.682. The van der Waals surface area contributed by atoms with Gasteiger partial charge in [0.25, 0.3) is 5.91 Å². The number of furan rings is 2. The lowest BCUT2D eigenvalue weighted by molar-refractivity contribution is 0.0653. The van der Waals surface area contributed by atoms with Crippen LogP contribution in [0.4, 0.5) is 0 Å². The van der Waals surface area contributed by atoms with Crippen LogP contribution in [0.3, 0.4) is 0 Å². The van der Waals surface area contributed by atoms with E-state index in [2.05, 4.69) is 4.98 Å². The fourth-order valence-corrected chi connectivity index (χ4v) is 3.57. The van der Waals surface area contributed by atoms with Gasteiger partial charge in [-0.15, -0.1) is 0 Å². The van der Waals surface area contributed by atoms with E-state index in [0.717, 1.165) is 5.52 Å². The Balaban J connectivity index is 1.65. The molecule has 4 rings (SSSR count). The van der Waals surface area contributed by atoms with Crippen molar-refractivity contribution in [1.82, 2.24) is 14.5 Å². The van der Waals surface area contributed by atoms with Crippen LogP contribution in [0.25, 0.3) is 11.0 Å². The summed E-state index contributed by atoms with van der Waals surface area (Å²) in [5.41, 5.74) is 1.89.